The standard InChI is InChI=1S/C15H19NO5/c1-20-15(17)10-21-14-8-4-12(5-9-14)11-2-6-13(7-3-11)16(18)19/h2-3,6-7,12,14H,4-5,8-10H2,1H3/t12-,14-. The minimum atomic E-state index is -0.388. The molecule has 0 radical (unpaired) electrons. The maximum atomic E-state index is 11.0. The van der Waals surface area contributed by atoms with Crippen molar-refractivity contribution in [1.82, 2.24) is 0 Å². The summed E-state index contributed by atoms with van der Waals surface area (Å²) in [6.45, 7) is 0.00334. The number of carbonyl (C=O) groups excluding carboxylic acids is 1. The number of nitrogens with zero attached hydrogens (tertiary/aromatic N) is 1. The van der Waals surface area contributed by atoms with Gasteiger partial charge in [0, 0.05) is 12.1 Å². The smallest absolute Gasteiger partial charge is 0.331 e. The van der Waals surface area contributed by atoms with Gasteiger partial charge in [-0.3, -0.25) is 10.1 Å². The summed E-state index contributed by atoms with van der Waals surface area (Å²) >= 11 is 0. The van der Waals surface area contributed by atoms with Gasteiger partial charge in [-0.15, -0.1) is 0 Å². The van der Waals surface area contributed by atoms with E-state index in [1.165, 1.54) is 7.11 Å². The van der Waals surface area contributed by atoms with Gasteiger partial charge in [0.15, 0.2) is 0 Å². The average molecular weight is 293 g/mol. The van der Waals surface area contributed by atoms with Gasteiger partial charge in [0.2, 0.25) is 0 Å². The van der Waals surface area contributed by atoms with Crippen molar-refractivity contribution in [1.29, 1.82) is 0 Å². The zero-order chi connectivity index (χ0) is 15.2. The van der Waals surface area contributed by atoms with Crippen molar-refractivity contribution < 1.29 is 19.2 Å². The van der Waals surface area contributed by atoms with Crippen LogP contribution < -0.4 is 0 Å². The van der Waals surface area contributed by atoms with Crippen LogP contribution in [0.1, 0.15) is 37.2 Å². The number of nitro benzene ring substituents is 1. The Morgan fingerprint density at radius 1 is 1.24 bits per heavy atom. The van der Waals surface area contributed by atoms with Gasteiger partial charge in [0.1, 0.15) is 6.61 Å². The van der Waals surface area contributed by atoms with Crippen LogP contribution in [0.5, 0.6) is 0 Å². The summed E-state index contributed by atoms with van der Waals surface area (Å²) in [6.07, 6.45) is 3.79. The quantitative estimate of drug-likeness (QED) is 0.474. The number of ether oxygens (including phenoxy) is 2. The number of rotatable bonds is 5. The summed E-state index contributed by atoms with van der Waals surface area (Å²) in [4.78, 5) is 21.3. The SMILES string of the molecule is COC(=O)CO[C@H]1CC[C@H](c2ccc([N+](=O)[O-])cc2)CC1. The molecule has 0 saturated heterocycles. The highest BCUT2D eigenvalue weighted by Crippen LogP contribution is 2.34. The lowest BCUT2D eigenvalue weighted by Gasteiger charge is -2.28. The first-order valence-electron chi connectivity index (χ1n) is 7.03. The highest BCUT2D eigenvalue weighted by molar-refractivity contribution is 5.70. The summed E-state index contributed by atoms with van der Waals surface area (Å²) in [5, 5.41) is 10.6. The highest BCUT2D eigenvalue weighted by Gasteiger charge is 2.23. The number of methoxy groups -OCH3 is 1. The Balaban J connectivity index is 1.83. The first kappa shape index (κ1) is 15.4. The maximum Gasteiger partial charge on any atom is 0.331 e. The number of carbonyl (C=O) groups is 1. The number of hydrogen-bond donors (Lipinski definition) is 0. The normalized spacial score (nSPS) is 21.8. The predicted molar refractivity (Wildman–Crippen MR) is 76.1 cm³/mol. The van der Waals surface area contributed by atoms with E-state index >= 15 is 0 Å². The van der Waals surface area contributed by atoms with Gasteiger partial charge in [-0.1, -0.05) is 12.1 Å². The first-order valence-corrected chi connectivity index (χ1v) is 7.03. The molecule has 0 aromatic heterocycles. The van der Waals surface area contributed by atoms with Crippen molar-refractivity contribution >= 4 is 11.7 Å². The fourth-order valence-corrected chi connectivity index (χ4v) is 2.68. The molecule has 0 heterocycles. The van der Waals surface area contributed by atoms with Crippen molar-refractivity contribution in [3.8, 4) is 0 Å². The molecule has 2 rings (SSSR count). The van der Waals surface area contributed by atoms with Crippen LogP contribution in [0.4, 0.5) is 5.69 Å². The summed E-state index contributed by atoms with van der Waals surface area (Å²) in [6, 6.07) is 6.77. The molecule has 1 aromatic carbocycles. The Morgan fingerprint density at radius 2 is 1.86 bits per heavy atom. The number of nitro groups is 1. The molecular formula is C15H19NO5. The van der Waals surface area contributed by atoms with Gasteiger partial charge in [0.25, 0.3) is 5.69 Å². The lowest BCUT2D eigenvalue weighted by molar-refractivity contribution is -0.384. The highest BCUT2D eigenvalue weighted by atomic mass is 16.6. The van der Waals surface area contributed by atoms with E-state index in [0.717, 1.165) is 31.2 Å². The fraction of sp³-hybridized carbons (Fsp3) is 0.533. The second-order valence-corrected chi connectivity index (χ2v) is 5.21. The van der Waals surface area contributed by atoms with Gasteiger partial charge >= 0.3 is 5.97 Å². The molecule has 0 bridgehead atoms. The van der Waals surface area contributed by atoms with Crippen molar-refractivity contribution in [2.75, 3.05) is 13.7 Å². The third kappa shape index (κ3) is 4.26. The van der Waals surface area contributed by atoms with Gasteiger partial charge in [0.05, 0.1) is 18.1 Å². The Labute approximate surface area is 123 Å². The van der Waals surface area contributed by atoms with Crippen LogP contribution in [-0.4, -0.2) is 30.7 Å². The van der Waals surface area contributed by atoms with E-state index in [2.05, 4.69) is 4.74 Å². The molecule has 0 unspecified atom stereocenters. The molecule has 1 fully saturated rings. The molecule has 0 N–H and O–H groups in total. The predicted octanol–water partition coefficient (Wildman–Crippen LogP) is 2.81. The lowest BCUT2D eigenvalue weighted by atomic mass is 9.83. The molecule has 21 heavy (non-hydrogen) atoms. The molecule has 1 aromatic rings. The second-order valence-electron chi connectivity index (χ2n) is 5.21. The molecular weight excluding hydrogens is 274 g/mol. The molecule has 0 atom stereocenters. The van der Waals surface area contributed by atoms with Crippen LogP contribution in [0.3, 0.4) is 0 Å². The molecule has 0 amide bonds. The number of benzene rings is 1. The van der Waals surface area contributed by atoms with Crippen LogP contribution >= 0.6 is 0 Å². The van der Waals surface area contributed by atoms with Crippen LogP contribution in [0.25, 0.3) is 0 Å². The van der Waals surface area contributed by atoms with Gasteiger partial charge in [-0.25, -0.2) is 4.79 Å². The molecule has 6 heteroatoms. The Kier molecular flexibility index (Phi) is 5.27. The van der Waals surface area contributed by atoms with E-state index in [1.807, 2.05) is 12.1 Å². The molecule has 1 saturated carbocycles. The fourth-order valence-electron chi connectivity index (χ4n) is 2.68. The lowest BCUT2D eigenvalue weighted by Crippen LogP contribution is -2.24. The minimum absolute atomic E-state index is 0.00334. The van der Waals surface area contributed by atoms with Gasteiger partial charge in [-0.2, -0.15) is 0 Å². The van der Waals surface area contributed by atoms with Crippen LogP contribution in [0.15, 0.2) is 24.3 Å². The monoisotopic (exact) mass is 293 g/mol. The molecule has 0 spiro atoms. The topological polar surface area (TPSA) is 78.7 Å². The summed E-state index contributed by atoms with van der Waals surface area (Å²) in [5.74, 6) is 0.0521. The minimum Gasteiger partial charge on any atom is -0.467 e. The third-order valence-corrected chi connectivity index (χ3v) is 3.91. The van der Waals surface area contributed by atoms with Gasteiger partial charge < -0.3 is 9.47 Å². The van der Waals surface area contributed by atoms with Crippen molar-refractivity contribution in [2.45, 2.75) is 37.7 Å². The number of hydrogen-bond acceptors (Lipinski definition) is 5. The van der Waals surface area contributed by atoms with Crippen LogP contribution in [0, 0.1) is 10.1 Å². The molecule has 6 nitrogen and oxygen atoms in total. The van der Waals surface area contributed by atoms with E-state index in [-0.39, 0.29) is 29.3 Å². The largest absolute Gasteiger partial charge is 0.467 e. The van der Waals surface area contributed by atoms with Crippen LogP contribution in [-0.2, 0) is 14.3 Å². The van der Waals surface area contributed by atoms with E-state index in [9.17, 15) is 14.9 Å². The zero-order valence-electron chi connectivity index (χ0n) is 12.0. The van der Waals surface area contributed by atoms with E-state index in [4.69, 9.17) is 4.74 Å². The molecule has 114 valence electrons. The third-order valence-electron chi connectivity index (χ3n) is 3.91. The van der Waals surface area contributed by atoms with Gasteiger partial charge in [-0.05, 0) is 37.2 Å². The molecule has 1 aliphatic rings. The van der Waals surface area contributed by atoms with Crippen LogP contribution in [0.2, 0.25) is 0 Å². The maximum absolute atomic E-state index is 11.0. The van der Waals surface area contributed by atoms with Crippen molar-refractivity contribution in [3.05, 3.63) is 39.9 Å². The molecule has 0 aliphatic heterocycles. The Hall–Kier alpha value is -1.95. The summed E-state index contributed by atoms with van der Waals surface area (Å²) < 4.78 is 10.0. The van der Waals surface area contributed by atoms with E-state index in [1.54, 1.807) is 12.1 Å². The zero-order valence-corrected chi connectivity index (χ0v) is 12.0. The van der Waals surface area contributed by atoms with E-state index < -0.39 is 0 Å². The summed E-state index contributed by atoms with van der Waals surface area (Å²) in [7, 11) is 1.34. The Bertz CT molecular complexity index is 491. The number of non-ortho nitro benzene ring substituents is 1. The first-order chi connectivity index (χ1) is 10.1. The average Bonchev–Trinajstić information content (AvgIpc) is 2.53. The van der Waals surface area contributed by atoms with Crippen molar-refractivity contribution in [3.63, 3.8) is 0 Å². The molecule has 1 aliphatic carbocycles. The summed E-state index contributed by atoms with van der Waals surface area (Å²) in [5.41, 5.74) is 1.25. The number of esters is 1. The van der Waals surface area contributed by atoms with Crippen molar-refractivity contribution in [2.24, 2.45) is 0 Å². The Morgan fingerprint density at radius 3 is 2.38 bits per heavy atom. The van der Waals surface area contributed by atoms with E-state index in [0.29, 0.717) is 5.92 Å². The second kappa shape index (κ2) is 7.17.